The van der Waals surface area contributed by atoms with Crippen LogP contribution in [0.5, 0.6) is 0 Å². The van der Waals surface area contributed by atoms with Gasteiger partial charge in [-0.2, -0.15) is 0 Å². The Hall–Kier alpha value is -0.463. The fourth-order valence-corrected chi connectivity index (χ4v) is 8.09. The van der Waals surface area contributed by atoms with E-state index in [-0.39, 0.29) is 0 Å². The molecule has 2 N–H and O–H groups in total. The lowest BCUT2D eigenvalue weighted by molar-refractivity contribution is 0.253. The molecular formula is C16H30N4Si. The zero-order chi connectivity index (χ0) is 15.0. The zero-order valence-electron chi connectivity index (χ0n) is 13.8. The van der Waals surface area contributed by atoms with Crippen molar-refractivity contribution in [2.45, 2.75) is 31.1 Å². The van der Waals surface area contributed by atoms with Crippen LogP contribution in [0.1, 0.15) is 6.42 Å². The summed E-state index contributed by atoms with van der Waals surface area (Å²) in [5.41, 5.74) is 0.831. The van der Waals surface area contributed by atoms with Crippen molar-refractivity contribution in [3.8, 4) is 0 Å². The Morgan fingerprint density at radius 2 is 1.67 bits per heavy atom. The summed E-state index contributed by atoms with van der Waals surface area (Å²) in [6, 6.07) is 0.693. The van der Waals surface area contributed by atoms with E-state index < -0.39 is 8.24 Å². The Labute approximate surface area is 130 Å². The molecule has 4 unspecified atom stereocenters. The maximum absolute atomic E-state index is 3.48. The minimum atomic E-state index is -1.47. The average molecular weight is 307 g/mol. The lowest BCUT2D eigenvalue weighted by Gasteiger charge is -2.45. The second kappa shape index (κ2) is 5.97. The molecule has 2 aliphatic carbocycles. The monoisotopic (exact) mass is 306 g/mol. The maximum atomic E-state index is 3.48. The number of fused-ring (bicyclic) bond motifs is 1. The molecule has 2 fully saturated rings. The largest absolute Gasteiger partial charge is 0.306 e. The third-order valence-corrected chi connectivity index (χ3v) is 10.2. The van der Waals surface area contributed by atoms with Crippen molar-refractivity contribution in [2.75, 3.05) is 34.1 Å². The number of hydrogen-bond donors (Lipinski definition) is 2. The van der Waals surface area contributed by atoms with Crippen LogP contribution in [0, 0.1) is 11.8 Å². The normalized spacial score (nSPS) is 37.2. The molecule has 0 aromatic carbocycles. The summed E-state index contributed by atoms with van der Waals surface area (Å²) in [5, 5.41) is 6.96. The molecule has 4 nitrogen and oxygen atoms in total. The van der Waals surface area contributed by atoms with Gasteiger partial charge in [-0.1, -0.05) is 37.4 Å². The van der Waals surface area contributed by atoms with E-state index in [1.54, 1.807) is 0 Å². The van der Waals surface area contributed by atoms with Crippen LogP contribution in [0.15, 0.2) is 24.3 Å². The highest BCUT2D eigenvalue weighted by Crippen LogP contribution is 2.51. The molecular weight excluding hydrogens is 276 g/mol. The fraction of sp³-hybridized carbons (Fsp3) is 0.750. The van der Waals surface area contributed by atoms with E-state index in [9.17, 15) is 0 Å². The fourth-order valence-electron chi connectivity index (χ4n) is 4.49. The molecule has 0 amide bonds. The lowest BCUT2D eigenvalue weighted by atomic mass is 9.89. The Morgan fingerprint density at radius 3 is 2.29 bits per heavy atom. The second-order valence-corrected chi connectivity index (χ2v) is 12.2. The molecule has 0 aromatic rings. The van der Waals surface area contributed by atoms with E-state index in [4.69, 9.17) is 0 Å². The molecule has 5 heteroatoms. The predicted octanol–water partition coefficient (Wildman–Crippen LogP) is 1.62. The Bertz CT molecular complexity index is 426. The van der Waals surface area contributed by atoms with E-state index in [1.165, 1.54) is 6.42 Å². The van der Waals surface area contributed by atoms with Crippen LogP contribution in [0.3, 0.4) is 0 Å². The van der Waals surface area contributed by atoms with Crippen molar-refractivity contribution in [1.29, 1.82) is 0 Å². The van der Waals surface area contributed by atoms with Crippen LogP contribution in [-0.4, -0.2) is 57.8 Å². The van der Waals surface area contributed by atoms with Crippen molar-refractivity contribution in [1.82, 2.24) is 20.1 Å². The summed E-state index contributed by atoms with van der Waals surface area (Å²) >= 11 is 0. The van der Waals surface area contributed by atoms with Gasteiger partial charge in [-0.15, -0.1) is 0 Å². The number of hydrogen-bond acceptors (Lipinski definition) is 4. The lowest BCUT2D eigenvalue weighted by Crippen LogP contribution is -2.63. The van der Waals surface area contributed by atoms with Gasteiger partial charge >= 0.3 is 0 Å². The van der Waals surface area contributed by atoms with Crippen molar-refractivity contribution in [2.24, 2.45) is 11.8 Å². The van der Waals surface area contributed by atoms with Gasteiger partial charge in [0.2, 0.25) is 0 Å². The van der Waals surface area contributed by atoms with E-state index >= 15 is 0 Å². The van der Waals surface area contributed by atoms with Gasteiger partial charge in [0.25, 0.3) is 0 Å². The third-order valence-electron chi connectivity index (χ3n) is 5.87. The first kappa shape index (κ1) is 15.4. The minimum Gasteiger partial charge on any atom is -0.306 e. The summed E-state index contributed by atoms with van der Waals surface area (Å²) in [6.07, 6.45) is 10.8. The number of nitrogens with one attached hydrogen (secondary N) is 2. The molecule has 1 saturated carbocycles. The zero-order valence-corrected chi connectivity index (χ0v) is 14.8. The topological polar surface area (TPSA) is 30.5 Å². The molecule has 118 valence electrons. The quantitative estimate of drug-likeness (QED) is 0.776. The summed E-state index contributed by atoms with van der Waals surface area (Å²) in [5.74, 6) is 1.43. The number of rotatable bonds is 3. The van der Waals surface area contributed by atoms with Crippen molar-refractivity contribution < 1.29 is 0 Å². The number of nitrogens with zero attached hydrogens (tertiary/aromatic N) is 2. The van der Waals surface area contributed by atoms with Gasteiger partial charge in [-0.25, -0.2) is 0 Å². The van der Waals surface area contributed by atoms with Crippen molar-refractivity contribution in [3.63, 3.8) is 0 Å². The van der Waals surface area contributed by atoms with E-state index in [0.717, 1.165) is 31.5 Å². The van der Waals surface area contributed by atoms with E-state index in [2.05, 4.69) is 71.6 Å². The van der Waals surface area contributed by atoms with Crippen LogP contribution < -0.4 is 10.6 Å². The molecule has 4 atom stereocenters. The minimum absolute atomic E-state index is 0.693. The smallest absolute Gasteiger partial charge is 0.128 e. The average Bonchev–Trinajstić information content (AvgIpc) is 2.88. The van der Waals surface area contributed by atoms with Crippen LogP contribution in [0.2, 0.25) is 18.6 Å². The van der Waals surface area contributed by atoms with Gasteiger partial charge in [-0.3, -0.25) is 15.2 Å². The van der Waals surface area contributed by atoms with E-state index in [1.807, 2.05) is 0 Å². The Morgan fingerprint density at radius 1 is 1.05 bits per heavy atom. The summed E-state index contributed by atoms with van der Waals surface area (Å²) < 4.78 is 2.70. The summed E-state index contributed by atoms with van der Waals surface area (Å²) in [6.45, 7) is 8.17. The highest BCUT2D eigenvalue weighted by Gasteiger charge is 2.51. The van der Waals surface area contributed by atoms with Crippen LogP contribution in [0.25, 0.3) is 0 Å². The summed E-state index contributed by atoms with van der Waals surface area (Å²) in [7, 11) is 3.02. The van der Waals surface area contributed by atoms with Crippen molar-refractivity contribution in [3.05, 3.63) is 24.3 Å². The molecule has 3 aliphatic rings. The first-order valence-corrected chi connectivity index (χ1v) is 11.2. The highest BCUT2D eigenvalue weighted by atomic mass is 28.3. The van der Waals surface area contributed by atoms with Crippen LogP contribution >= 0.6 is 0 Å². The van der Waals surface area contributed by atoms with Crippen LogP contribution in [0.4, 0.5) is 0 Å². The van der Waals surface area contributed by atoms with E-state index in [0.29, 0.717) is 12.0 Å². The molecule has 0 radical (unpaired) electrons. The summed E-state index contributed by atoms with van der Waals surface area (Å²) in [4.78, 5) is 2.44. The number of allylic oxidation sites excluding steroid dienone is 3. The molecule has 0 aromatic heterocycles. The first-order valence-electron chi connectivity index (χ1n) is 8.19. The third kappa shape index (κ3) is 2.77. The predicted molar refractivity (Wildman–Crippen MR) is 91.3 cm³/mol. The SMILES string of the molecule is CN(C)C1CC([Si](C)(C)N2CNCNC2)C2C=CC=CC21. The Kier molecular flexibility index (Phi) is 4.39. The van der Waals surface area contributed by atoms with Gasteiger partial charge in [0.05, 0.1) is 0 Å². The van der Waals surface area contributed by atoms with Crippen LogP contribution in [-0.2, 0) is 0 Å². The highest BCUT2D eigenvalue weighted by molar-refractivity contribution is 6.76. The molecule has 1 saturated heterocycles. The van der Waals surface area contributed by atoms with Gasteiger partial charge < -0.3 is 4.90 Å². The van der Waals surface area contributed by atoms with Gasteiger partial charge in [0.1, 0.15) is 8.24 Å². The van der Waals surface area contributed by atoms with Gasteiger partial charge in [-0.05, 0) is 37.9 Å². The van der Waals surface area contributed by atoms with Crippen molar-refractivity contribution >= 4 is 8.24 Å². The maximum Gasteiger partial charge on any atom is 0.128 e. The molecule has 0 spiro atoms. The molecule has 3 rings (SSSR count). The molecule has 1 heterocycles. The van der Waals surface area contributed by atoms with Gasteiger partial charge in [0.15, 0.2) is 0 Å². The second-order valence-electron chi connectivity index (χ2n) is 7.48. The van der Waals surface area contributed by atoms with Gasteiger partial charge in [0, 0.05) is 26.0 Å². The molecule has 0 bridgehead atoms. The first-order chi connectivity index (χ1) is 10.0. The Balaban J connectivity index is 1.83. The molecule has 1 aliphatic heterocycles. The standard InChI is InChI=1S/C16H30N4Si/c1-19(2)15-9-16(14-8-6-5-7-13(14)15)21(3,4)20-11-17-10-18-12-20/h5-8,13-18H,9-12H2,1-4H3. The molecule has 21 heavy (non-hydrogen) atoms.